The molecule has 0 aromatic heterocycles. The first-order valence-corrected chi connectivity index (χ1v) is 17.1. The number of fused-ring (bicyclic) bond motifs is 1. The molecule has 3 amide bonds. The fourth-order valence-corrected chi connectivity index (χ4v) is 10.1. The van der Waals surface area contributed by atoms with Crippen LogP contribution in [-0.2, 0) is 14.4 Å². The lowest BCUT2D eigenvalue weighted by molar-refractivity contribution is -0.144. The number of thioether (sulfide) groups is 1. The lowest BCUT2D eigenvalue weighted by Gasteiger charge is -2.39. The predicted molar refractivity (Wildman–Crippen MR) is 178 cm³/mol. The van der Waals surface area contributed by atoms with Gasteiger partial charge in [-0.15, -0.1) is 24.9 Å². The standard InChI is InChI=1S/C35H51N3O5S/c1-7-14-25(5)36(21-8-2)33(42)30-35-20-19-34(6,44-35)28(29(35)32(41)38(30)23-12-11-13-24-39)31(40)37(22-9-3)26-15-17-27(18-16-26)43-10-4/h8-9,15-18,25,28-30,39H,2-3,7,10-14,19-24H2,1,4-6H3/t25?,28-,29+,30?,34+,35?/m1/s1. The molecule has 3 fully saturated rings. The fourth-order valence-electron chi connectivity index (χ4n) is 7.76. The number of aliphatic hydroxyl groups excluding tert-OH is 1. The molecule has 9 heteroatoms. The van der Waals surface area contributed by atoms with Gasteiger partial charge in [0.05, 0.1) is 23.2 Å². The molecule has 3 unspecified atom stereocenters. The van der Waals surface area contributed by atoms with Gasteiger partial charge in [-0.3, -0.25) is 14.4 Å². The average Bonchev–Trinajstić information content (AvgIpc) is 3.57. The molecule has 1 spiro atoms. The molecule has 3 aliphatic heterocycles. The van der Waals surface area contributed by atoms with Gasteiger partial charge in [0.2, 0.25) is 17.7 Å². The molecule has 8 nitrogen and oxygen atoms in total. The number of rotatable bonds is 17. The van der Waals surface area contributed by atoms with Crippen molar-refractivity contribution < 1.29 is 24.2 Å². The number of nitrogens with zero attached hydrogens (tertiary/aromatic N) is 3. The van der Waals surface area contributed by atoms with Crippen molar-refractivity contribution in [2.45, 2.75) is 94.2 Å². The summed E-state index contributed by atoms with van der Waals surface area (Å²) in [5, 5.41) is 9.36. The van der Waals surface area contributed by atoms with E-state index in [4.69, 9.17) is 4.74 Å². The summed E-state index contributed by atoms with van der Waals surface area (Å²) in [6.07, 6.45) is 8.86. The third-order valence-electron chi connectivity index (χ3n) is 9.72. The summed E-state index contributed by atoms with van der Waals surface area (Å²) in [4.78, 5) is 49.3. The predicted octanol–water partition coefficient (Wildman–Crippen LogP) is 5.45. The van der Waals surface area contributed by atoms with E-state index in [0.717, 1.165) is 37.1 Å². The quantitative estimate of drug-likeness (QED) is 0.183. The summed E-state index contributed by atoms with van der Waals surface area (Å²) >= 11 is 1.71. The van der Waals surface area contributed by atoms with E-state index in [0.29, 0.717) is 45.5 Å². The summed E-state index contributed by atoms with van der Waals surface area (Å²) in [6, 6.07) is 6.84. The summed E-state index contributed by atoms with van der Waals surface area (Å²) in [6.45, 7) is 17.9. The van der Waals surface area contributed by atoms with Gasteiger partial charge in [0, 0.05) is 42.7 Å². The Labute approximate surface area is 267 Å². The molecule has 3 aliphatic rings. The summed E-state index contributed by atoms with van der Waals surface area (Å²) in [5.74, 6) is -0.655. The minimum atomic E-state index is -0.676. The molecule has 0 aliphatic carbocycles. The van der Waals surface area contributed by atoms with Gasteiger partial charge < -0.3 is 24.5 Å². The maximum Gasteiger partial charge on any atom is 0.247 e. The molecule has 4 rings (SSSR count). The highest BCUT2D eigenvalue weighted by Gasteiger charge is 2.77. The van der Waals surface area contributed by atoms with Crippen molar-refractivity contribution in [2.24, 2.45) is 11.8 Å². The van der Waals surface area contributed by atoms with Crippen LogP contribution in [0.15, 0.2) is 49.6 Å². The monoisotopic (exact) mass is 625 g/mol. The van der Waals surface area contributed by atoms with Crippen molar-refractivity contribution in [1.82, 2.24) is 9.80 Å². The minimum Gasteiger partial charge on any atom is -0.494 e. The molecule has 1 aromatic carbocycles. The number of carbonyl (C=O) groups is 3. The van der Waals surface area contributed by atoms with Crippen molar-refractivity contribution in [2.75, 3.05) is 37.7 Å². The zero-order chi connectivity index (χ0) is 32.1. The van der Waals surface area contributed by atoms with Crippen LogP contribution < -0.4 is 9.64 Å². The maximum absolute atomic E-state index is 14.7. The Morgan fingerprint density at radius 3 is 2.43 bits per heavy atom. The molecule has 3 saturated heterocycles. The molecule has 1 N–H and O–H groups in total. The number of carbonyl (C=O) groups excluding carboxylic acids is 3. The van der Waals surface area contributed by atoms with Crippen LogP contribution in [0, 0.1) is 11.8 Å². The second-order valence-electron chi connectivity index (χ2n) is 12.6. The molecule has 0 saturated carbocycles. The normalized spacial score (nSPS) is 27.6. The molecule has 6 atom stereocenters. The maximum atomic E-state index is 14.7. The average molecular weight is 626 g/mol. The van der Waals surface area contributed by atoms with E-state index in [1.165, 1.54) is 0 Å². The van der Waals surface area contributed by atoms with E-state index in [-0.39, 0.29) is 30.4 Å². The SMILES string of the molecule is C=CCN(C(=O)[C@H]1[C@H]2C(=O)N(CCCCCO)C(C(=O)N(CC=C)C(C)CCC)C23CC[C@]1(C)S3)c1ccc(OCC)cc1. The number of hydrogen-bond donors (Lipinski definition) is 1. The zero-order valence-electron chi connectivity index (χ0n) is 27.0. The number of aliphatic hydroxyl groups is 1. The molecule has 0 radical (unpaired) electrons. The van der Waals surface area contributed by atoms with Crippen LogP contribution in [0.3, 0.4) is 0 Å². The van der Waals surface area contributed by atoms with Gasteiger partial charge in [-0.1, -0.05) is 25.5 Å². The van der Waals surface area contributed by atoms with Crippen molar-refractivity contribution in [1.29, 1.82) is 0 Å². The number of amides is 3. The molecule has 242 valence electrons. The van der Waals surface area contributed by atoms with Gasteiger partial charge in [0.25, 0.3) is 0 Å². The molecule has 3 heterocycles. The van der Waals surface area contributed by atoms with Gasteiger partial charge >= 0.3 is 0 Å². The van der Waals surface area contributed by atoms with Crippen LogP contribution in [0.4, 0.5) is 5.69 Å². The number of likely N-dealkylation sites (tertiary alicyclic amines) is 1. The van der Waals surface area contributed by atoms with Crippen LogP contribution in [0.5, 0.6) is 5.75 Å². The Kier molecular flexibility index (Phi) is 11.3. The van der Waals surface area contributed by atoms with Gasteiger partial charge in [-0.2, -0.15) is 0 Å². The Hall–Kier alpha value is -2.78. The molecule has 2 bridgehead atoms. The van der Waals surface area contributed by atoms with E-state index >= 15 is 0 Å². The zero-order valence-corrected chi connectivity index (χ0v) is 27.8. The number of ether oxygens (including phenoxy) is 1. The number of anilines is 1. The Bertz CT molecular complexity index is 1210. The number of benzene rings is 1. The third kappa shape index (κ3) is 6.19. The van der Waals surface area contributed by atoms with E-state index in [1.807, 2.05) is 36.1 Å². The lowest BCUT2D eigenvalue weighted by atomic mass is 9.66. The third-order valence-corrected chi connectivity index (χ3v) is 11.7. The molecule has 1 aromatic rings. The van der Waals surface area contributed by atoms with E-state index in [2.05, 4.69) is 33.9 Å². The highest BCUT2D eigenvalue weighted by molar-refractivity contribution is 8.02. The van der Waals surface area contributed by atoms with Crippen LogP contribution in [0.25, 0.3) is 0 Å². The fraction of sp³-hybridized carbons (Fsp3) is 0.629. The largest absolute Gasteiger partial charge is 0.494 e. The smallest absolute Gasteiger partial charge is 0.247 e. The highest BCUT2D eigenvalue weighted by Crippen LogP contribution is 2.71. The van der Waals surface area contributed by atoms with Crippen molar-refractivity contribution in [3.63, 3.8) is 0 Å². The summed E-state index contributed by atoms with van der Waals surface area (Å²) in [5.41, 5.74) is 0.730. The second-order valence-corrected chi connectivity index (χ2v) is 14.5. The molecular weight excluding hydrogens is 574 g/mol. The van der Waals surface area contributed by atoms with Crippen molar-refractivity contribution >= 4 is 35.2 Å². The summed E-state index contributed by atoms with van der Waals surface area (Å²) in [7, 11) is 0. The van der Waals surface area contributed by atoms with Crippen LogP contribution in [0.2, 0.25) is 0 Å². The van der Waals surface area contributed by atoms with Gasteiger partial charge in [0.15, 0.2) is 0 Å². The Morgan fingerprint density at radius 2 is 1.82 bits per heavy atom. The topological polar surface area (TPSA) is 90.4 Å². The van der Waals surface area contributed by atoms with Crippen LogP contribution in [-0.4, -0.2) is 87.1 Å². The number of hydrogen-bond acceptors (Lipinski definition) is 6. The van der Waals surface area contributed by atoms with E-state index in [1.54, 1.807) is 33.7 Å². The second kappa shape index (κ2) is 14.5. The lowest BCUT2D eigenvalue weighted by Crippen LogP contribution is -2.56. The van der Waals surface area contributed by atoms with Crippen molar-refractivity contribution in [3.05, 3.63) is 49.6 Å². The first kappa shape index (κ1) is 34.1. The van der Waals surface area contributed by atoms with E-state index < -0.39 is 27.4 Å². The van der Waals surface area contributed by atoms with Gasteiger partial charge in [-0.25, -0.2) is 0 Å². The summed E-state index contributed by atoms with van der Waals surface area (Å²) < 4.78 is 4.47. The van der Waals surface area contributed by atoms with Crippen LogP contribution >= 0.6 is 11.8 Å². The molecular formula is C35H51N3O5S. The first-order chi connectivity index (χ1) is 21.1. The van der Waals surface area contributed by atoms with Gasteiger partial charge in [0.1, 0.15) is 11.8 Å². The van der Waals surface area contributed by atoms with Crippen LogP contribution in [0.1, 0.15) is 72.6 Å². The van der Waals surface area contributed by atoms with Gasteiger partial charge in [-0.05, 0) is 83.6 Å². The highest BCUT2D eigenvalue weighted by atomic mass is 32.2. The van der Waals surface area contributed by atoms with E-state index in [9.17, 15) is 19.5 Å². The Balaban J connectivity index is 1.75. The molecule has 44 heavy (non-hydrogen) atoms. The minimum absolute atomic E-state index is 0.00616. The number of unbranched alkanes of at least 4 members (excludes halogenated alkanes) is 2. The van der Waals surface area contributed by atoms with Crippen molar-refractivity contribution in [3.8, 4) is 5.75 Å². The Morgan fingerprint density at radius 1 is 1.11 bits per heavy atom. The first-order valence-electron chi connectivity index (χ1n) is 16.3.